The second kappa shape index (κ2) is 5.59. The summed E-state index contributed by atoms with van der Waals surface area (Å²) in [5, 5.41) is 3.53. The summed E-state index contributed by atoms with van der Waals surface area (Å²) in [6.07, 6.45) is 4.51. The van der Waals surface area contributed by atoms with Crippen LogP contribution in [0.25, 0.3) is 0 Å². The van der Waals surface area contributed by atoms with Crippen molar-refractivity contribution in [1.29, 1.82) is 0 Å². The number of benzene rings is 1. The van der Waals surface area contributed by atoms with E-state index in [9.17, 15) is 8.42 Å². The molecule has 0 spiro atoms. The number of nitrogens with one attached hydrogen (secondary N) is 1. The Labute approximate surface area is 117 Å². The van der Waals surface area contributed by atoms with E-state index in [4.69, 9.17) is 11.6 Å². The van der Waals surface area contributed by atoms with Gasteiger partial charge in [0, 0.05) is 35.8 Å². The standard InChI is InChI=1S/C13H13ClN2O2S/c1-19(17,18)13-6-2-5-12(14)11(13)9-16-10-4-3-7-15-8-10/h2-8,16H,9H2,1H3. The molecule has 2 aromatic rings. The van der Waals surface area contributed by atoms with Gasteiger partial charge in [0.25, 0.3) is 0 Å². The highest BCUT2D eigenvalue weighted by molar-refractivity contribution is 7.90. The van der Waals surface area contributed by atoms with Gasteiger partial charge in [0.15, 0.2) is 9.84 Å². The number of nitrogens with zero attached hydrogens (tertiary/aromatic N) is 1. The Kier molecular flexibility index (Phi) is 4.07. The highest BCUT2D eigenvalue weighted by atomic mass is 35.5. The van der Waals surface area contributed by atoms with E-state index in [1.807, 2.05) is 6.07 Å². The lowest BCUT2D eigenvalue weighted by Gasteiger charge is -2.11. The Hall–Kier alpha value is -1.59. The van der Waals surface area contributed by atoms with Crippen molar-refractivity contribution in [2.45, 2.75) is 11.4 Å². The highest BCUT2D eigenvalue weighted by Crippen LogP contribution is 2.24. The minimum atomic E-state index is -3.30. The van der Waals surface area contributed by atoms with Crippen LogP contribution < -0.4 is 5.32 Å². The second-order valence-corrected chi connectivity index (χ2v) is 6.48. The van der Waals surface area contributed by atoms with E-state index in [2.05, 4.69) is 10.3 Å². The van der Waals surface area contributed by atoms with Crippen LogP contribution >= 0.6 is 11.6 Å². The Morgan fingerprint density at radius 2 is 2.05 bits per heavy atom. The molecule has 0 unspecified atom stereocenters. The lowest BCUT2D eigenvalue weighted by Crippen LogP contribution is -2.07. The Balaban J connectivity index is 2.30. The summed E-state index contributed by atoms with van der Waals surface area (Å²) in [5.74, 6) is 0. The van der Waals surface area contributed by atoms with E-state index in [1.165, 1.54) is 6.26 Å². The summed E-state index contributed by atoms with van der Waals surface area (Å²) in [7, 11) is -3.30. The van der Waals surface area contributed by atoms with Crippen LogP contribution in [0.15, 0.2) is 47.6 Å². The largest absolute Gasteiger partial charge is 0.380 e. The second-order valence-electron chi connectivity index (χ2n) is 4.08. The maximum atomic E-state index is 11.7. The van der Waals surface area contributed by atoms with Gasteiger partial charge in [-0.2, -0.15) is 0 Å². The molecule has 0 aliphatic rings. The Bertz CT molecular complexity index is 672. The summed E-state index contributed by atoms with van der Waals surface area (Å²) in [6.45, 7) is 0.327. The third-order valence-corrected chi connectivity index (χ3v) is 4.14. The Morgan fingerprint density at radius 1 is 1.26 bits per heavy atom. The maximum absolute atomic E-state index is 11.7. The first kappa shape index (κ1) is 13.8. The highest BCUT2D eigenvalue weighted by Gasteiger charge is 2.15. The zero-order valence-corrected chi connectivity index (χ0v) is 11.9. The molecule has 0 aliphatic heterocycles. The molecule has 0 bridgehead atoms. The lowest BCUT2D eigenvalue weighted by atomic mass is 10.2. The molecular weight excluding hydrogens is 284 g/mol. The molecule has 6 heteroatoms. The molecule has 1 aromatic heterocycles. The third kappa shape index (κ3) is 3.45. The van der Waals surface area contributed by atoms with Crippen molar-refractivity contribution in [3.63, 3.8) is 0 Å². The van der Waals surface area contributed by atoms with Gasteiger partial charge in [-0.15, -0.1) is 0 Å². The Morgan fingerprint density at radius 3 is 2.68 bits per heavy atom. The van der Waals surface area contributed by atoms with Crippen molar-refractivity contribution in [3.8, 4) is 0 Å². The van der Waals surface area contributed by atoms with Gasteiger partial charge in [-0.3, -0.25) is 4.98 Å². The fraction of sp³-hybridized carbons (Fsp3) is 0.154. The van der Waals surface area contributed by atoms with Gasteiger partial charge in [0.1, 0.15) is 0 Å². The quantitative estimate of drug-likeness (QED) is 0.942. The van der Waals surface area contributed by atoms with E-state index < -0.39 is 9.84 Å². The summed E-state index contributed by atoms with van der Waals surface area (Å²) in [6, 6.07) is 8.51. The van der Waals surface area contributed by atoms with E-state index >= 15 is 0 Å². The predicted molar refractivity (Wildman–Crippen MR) is 76.1 cm³/mol. The molecule has 0 saturated heterocycles. The first-order valence-electron chi connectivity index (χ1n) is 5.60. The van der Waals surface area contributed by atoms with Gasteiger partial charge in [-0.25, -0.2) is 8.42 Å². The van der Waals surface area contributed by atoms with Gasteiger partial charge >= 0.3 is 0 Å². The minimum absolute atomic E-state index is 0.247. The summed E-state index contributed by atoms with van der Waals surface area (Å²) in [4.78, 5) is 4.22. The van der Waals surface area contributed by atoms with Crippen LogP contribution in [0.2, 0.25) is 5.02 Å². The summed E-state index contributed by atoms with van der Waals surface area (Å²) < 4.78 is 23.4. The monoisotopic (exact) mass is 296 g/mol. The van der Waals surface area contributed by atoms with Crippen LogP contribution in [0.5, 0.6) is 0 Å². The van der Waals surface area contributed by atoms with Gasteiger partial charge in [-0.05, 0) is 24.3 Å². The van der Waals surface area contributed by atoms with Gasteiger partial charge in [0.05, 0.1) is 10.6 Å². The van der Waals surface area contributed by atoms with Crippen LogP contribution in [0.4, 0.5) is 5.69 Å². The molecular formula is C13H13ClN2O2S. The van der Waals surface area contributed by atoms with Crippen LogP contribution in [0.3, 0.4) is 0 Å². The molecule has 1 N–H and O–H groups in total. The topological polar surface area (TPSA) is 59.1 Å². The summed E-state index contributed by atoms with van der Waals surface area (Å²) >= 11 is 6.08. The van der Waals surface area contributed by atoms with Gasteiger partial charge < -0.3 is 5.32 Å². The number of sulfone groups is 1. The lowest BCUT2D eigenvalue weighted by molar-refractivity contribution is 0.601. The molecule has 100 valence electrons. The van der Waals surface area contributed by atoms with Crippen LogP contribution in [0, 0.1) is 0 Å². The zero-order chi connectivity index (χ0) is 13.9. The number of hydrogen-bond acceptors (Lipinski definition) is 4. The average molecular weight is 297 g/mol. The average Bonchev–Trinajstić information content (AvgIpc) is 2.37. The summed E-state index contributed by atoms with van der Waals surface area (Å²) in [5.41, 5.74) is 1.37. The number of halogens is 1. The number of pyridine rings is 1. The third-order valence-electron chi connectivity index (χ3n) is 2.61. The number of aromatic nitrogens is 1. The van der Waals surface area contributed by atoms with Crippen molar-refractivity contribution in [2.24, 2.45) is 0 Å². The predicted octanol–water partition coefficient (Wildman–Crippen LogP) is 2.75. The minimum Gasteiger partial charge on any atom is -0.380 e. The molecule has 0 fully saturated rings. The SMILES string of the molecule is CS(=O)(=O)c1cccc(Cl)c1CNc1cccnc1. The smallest absolute Gasteiger partial charge is 0.175 e. The fourth-order valence-electron chi connectivity index (χ4n) is 1.72. The van der Waals surface area contributed by atoms with Gasteiger partial charge in [-0.1, -0.05) is 17.7 Å². The molecule has 4 nitrogen and oxygen atoms in total. The molecule has 0 saturated carbocycles. The van der Waals surface area contributed by atoms with Crippen molar-refractivity contribution < 1.29 is 8.42 Å². The molecule has 19 heavy (non-hydrogen) atoms. The number of rotatable bonds is 4. The number of hydrogen-bond donors (Lipinski definition) is 1. The molecule has 0 radical (unpaired) electrons. The van der Waals surface area contributed by atoms with Crippen LogP contribution in [-0.4, -0.2) is 19.7 Å². The van der Waals surface area contributed by atoms with Crippen molar-refractivity contribution >= 4 is 27.1 Å². The van der Waals surface area contributed by atoms with Crippen molar-refractivity contribution in [1.82, 2.24) is 4.98 Å². The molecule has 1 heterocycles. The molecule has 1 aromatic carbocycles. The first-order valence-corrected chi connectivity index (χ1v) is 7.87. The van der Waals surface area contributed by atoms with Crippen molar-refractivity contribution in [2.75, 3.05) is 11.6 Å². The first-order chi connectivity index (χ1) is 8.98. The van der Waals surface area contributed by atoms with E-state index in [0.717, 1.165) is 5.69 Å². The van der Waals surface area contributed by atoms with Gasteiger partial charge in [0.2, 0.25) is 0 Å². The zero-order valence-electron chi connectivity index (χ0n) is 10.3. The van der Waals surface area contributed by atoms with E-state index in [-0.39, 0.29) is 4.90 Å². The van der Waals surface area contributed by atoms with E-state index in [0.29, 0.717) is 17.1 Å². The molecule has 0 aliphatic carbocycles. The van der Waals surface area contributed by atoms with Crippen LogP contribution in [-0.2, 0) is 16.4 Å². The fourth-order valence-corrected chi connectivity index (χ4v) is 2.97. The van der Waals surface area contributed by atoms with Crippen molar-refractivity contribution in [3.05, 3.63) is 53.3 Å². The van der Waals surface area contributed by atoms with Crippen LogP contribution in [0.1, 0.15) is 5.56 Å². The molecule has 0 amide bonds. The number of anilines is 1. The normalized spacial score (nSPS) is 11.3. The van der Waals surface area contributed by atoms with E-state index in [1.54, 1.807) is 36.7 Å². The maximum Gasteiger partial charge on any atom is 0.175 e. The molecule has 2 rings (SSSR count). The molecule has 0 atom stereocenters.